The maximum absolute atomic E-state index is 11.9. The number of benzene rings is 2. The lowest BCUT2D eigenvalue weighted by Crippen LogP contribution is -2.31. The van der Waals surface area contributed by atoms with Crippen molar-refractivity contribution >= 4 is 35.1 Å². The highest BCUT2D eigenvalue weighted by atomic mass is 35.5. The molecule has 1 amide bonds. The highest BCUT2D eigenvalue weighted by Gasteiger charge is 2.14. The number of hydrogen-bond donors (Lipinski definition) is 2. The van der Waals surface area contributed by atoms with Gasteiger partial charge < -0.3 is 15.2 Å². The summed E-state index contributed by atoms with van der Waals surface area (Å²) >= 11 is 11.8. The van der Waals surface area contributed by atoms with Crippen molar-refractivity contribution in [3.63, 3.8) is 0 Å². The Morgan fingerprint density at radius 1 is 1.16 bits per heavy atom. The largest absolute Gasteiger partial charge is 0.508 e. The highest BCUT2D eigenvalue weighted by molar-refractivity contribution is 6.42. The van der Waals surface area contributed by atoms with Crippen LogP contribution in [0.4, 0.5) is 0 Å². The molecule has 2 aromatic rings. The van der Waals surface area contributed by atoms with E-state index in [0.29, 0.717) is 15.6 Å². The van der Waals surface area contributed by atoms with Crippen LogP contribution >= 0.6 is 23.2 Å². The van der Waals surface area contributed by atoms with E-state index in [1.807, 2.05) is 0 Å². The van der Waals surface area contributed by atoms with E-state index in [0.717, 1.165) is 5.56 Å². The van der Waals surface area contributed by atoms with Crippen LogP contribution in [0.5, 0.6) is 5.75 Å². The Hall–Kier alpha value is -2.24. The first-order valence-electron chi connectivity index (χ1n) is 7.49. The Kier molecular flexibility index (Phi) is 6.28. The quantitative estimate of drug-likeness (QED) is 0.766. The van der Waals surface area contributed by atoms with Crippen LogP contribution in [-0.4, -0.2) is 23.6 Å². The molecular formula is C18H17Cl2NO4. The molecule has 0 fully saturated rings. The van der Waals surface area contributed by atoms with Crippen molar-refractivity contribution in [2.75, 3.05) is 6.61 Å². The summed E-state index contributed by atoms with van der Waals surface area (Å²) in [6.45, 7) is 3.05. The highest BCUT2D eigenvalue weighted by Crippen LogP contribution is 2.25. The van der Waals surface area contributed by atoms with Crippen LogP contribution in [0.1, 0.15) is 34.5 Å². The zero-order valence-corrected chi connectivity index (χ0v) is 15.2. The number of hydrogen-bond acceptors (Lipinski definition) is 4. The third kappa shape index (κ3) is 5.11. The lowest BCUT2D eigenvalue weighted by atomic mass is 10.1. The fraction of sp³-hybridized carbons (Fsp3) is 0.222. The van der Waals surface area contributed by atoms with Gasteiger partial charge in [-0.2, -0.15) is 0 Å². The van der Waals surface area contributed by atoms with Crippen LogP contribution in [0.2, 0.25) is 10.0 Å². The standard InChI is InChI=1S/C18H17Cl2NO4/c1-10-3-4-13(8-16(10)22)18(24)25-9-17(23)21-11(2)12-5-6-14(19)15(20)7-12/h3-8,11,22H,9H2,1-2H3,(H,21,23). The molecule has 5 nitrogen and oxygen atoms in total. The van der Waals surface area contributed by atoms with Crippen molar-refractivity contribution < 1.29 is 19.4 Å². The molecule has 0 aliphatic carbocycles. The van der Waals surface area contributed by atoms with Crippen LogP contribution in [0.15, 0.2) is 36.4 Å². The summed E-state index contributed by atoms with van der Waals surface area (Å²) in [5.41, 5.74) is 1.59. The molecule has 0 heterocycles. The fourth-order valence-corrected chi connectivity index (χ4v) is 2.41. The van der Waals surface area contributed by atoms with Gasteiger partial charge in [-0.1, -0.05) is 35.3 Å². The maximum Gasteiger partial charge on any atom is 0.338 e. The van der Waals surface area contributed by atoms with E-state index in [-0.39, 0.29) is 17.4 Å². The second-order valence-corrected chi connectivity index (χ2v) is 6.35. The van der Waals surface area contributed by atoms with Gasteiger partial charge in [0.15, 0.2) is 6.61 Å². The smallest absolute Gasteiger partial charge is 0.338 e. The van der Waals surface area contributed by atoms with Gasteiger partial charge in [0.2, 0.25) is 0 Å². The second-order valence-electron chi connectivity index (χ2n) is 5.54. The number of ether oxygens (including phenoxy) is 1. The molecule has 0 bridgehead atoms. The SMILES string of the molecule is Cc1ccc(C(=O)OCC(=O)NC(C)c2ccc(Cl)c(Cl)c2)cc1O. The van der Waals surface area contributed by atoms with E-state index < -0.39 is 18.5 Å². The third-order valence-corrected chi connectivity index (χ3v) is 4.34. The summed E-state index contributed by atoms with van der Waals surface area (Å²) in [4.78, 5) is 23.8. The Bertz CT molecular complexity index is 808. The first-order valence-corrected chi connectivity index (χ1v) is 8.24. The van der Waals surface area contributed by atoms with Gasteiger partial charge in [0, 0.05) is 0 Å². The number of nitrogens with one attached hydrogen (secondary N) is 1. The van der Waals surface area contributed by atoms with Crippen LogP contribution in [0.3, 0.4) is 0 Å². The molecule has 0 radical (unpaired) electrons. The summed E-state index contributed by atoms with van der Waals surface area (Å²) < 4.78 is 4.96. The van der Waals surface area contributed by atoms with Crippen molar-refractivity contribution in [1.82, 2.24) is 5.32 Å². The monoisotopic (exact) mass is 381 g/mol. The number of carbonyl (C=O) groups is 2. The van der Waals surface area contributed by atoms with Gasteiger partial charge in [-0.05, 0) is 49.2 Å². The number of phenols is 1. The Morgan fingerprint density at radius 3 is 2.52 bits per heavy atom. The first-order chi connectivity index (χ1) is 11.8. The predicted octanol–water partition coefficient (Wildman–Crippen LogP) is 4.04. The van der Waals surface area contributed by atoms with Gasteiger partial charge in [-0.3, -0.25) is 4.79 Å². The number of carbonyl (C=O) groups excluding carboxylic acids is 2. The molecule has 0 spiro atoms. The molecule has 2 rings (SSSR count). The fourth-order valence-electron chi connectivity index (χ4n) is 2.10. The number of rotatable bonds is 5. The lowest BCUT2D eigenvalue weighted by molar-refractivity contribution is -0.124. The minimum Gasteiger partial charge on any atom is -0.508 e. The van der Waals surface area contributed by atoms with E-state index in [4.69, 9.17) is 27.9 Å². The molecule has 0 saturated carbocycles. The van der Waals surface area contributed by atoms with Crippen LogP contribution in [0, 0.1) is 6.92 Å². The topological polar surface area (TPSA) is 75.6 Å². The average molecular weight is 382 g/mol. The zero-order chi connectivity index (χ0) is 18.6. The molecule has 1 unspecified atom stereocenters. The van der Waals surface area contributed by atoms with Gasteiger partial charge in [-0.25, -0.2) is 4.79 Å². The summed E-state index contributed by atoms with van der Waals surface area (Å²) in [5, 5.41) is 13.1. The van der Waals surface area contributed by atoms with E-state index >= 15 is 0 Å². The summed E-state index contributed by atoms with van der Waals surface area (Å²) in [6, 6.07) is 9.14. The molecule has 7 heteroatoms. The summed E-state index contributed by atoms with van der Waals surface area (Å²) in [7, 11) is 0. The number of aromatic hydroxyl groups is 1. The molecular weight excluding hydrogens is 365 g/mol. The summed E-state index contributed by atoms with van der Waals surface area (Å²) in [6.07, 6.45) is 0. The van der Waals surface area contributed by atoms with Crippen molar-refractivity contribution in [2.24, 2.45) is 0 Å². The molecule has 132 valence electrons. The molecule has 2 N–H and O–H groups in total. The Balaban J connectivity index is 1.90. The maximum atomic E-state index is 11.9. The van der Waals surface area contributed by atoms with E-state index in [1.165, 1.54) is 12.1 Å². The minimum absolute atomic E-state index is 0.00728. The van der Waals surface area contributed by atoms with Gasteiger partial charge in [-0.15, -0.1) is 0 Å². The lowest BCUT2D eigenvalue weighted by Gasteiger charge is -2.15. The minimum atomic E-state index is -0.687. The number of phenolic OH excluding ortho intramolecular Hbond substituents is 1. The van der Waals surface area contributed by atoms with E-state index in [2.05, 4.69) is 5.32 Å². The van der Waals surface area contributed by atoms with Gasteiger partial charge >= 0.3 is 5.97 Å². The van der Waals surface area contributed by atoms with Crippen molar-refractivity contribution in [2.45, 2.75) is 19.9 Å². The molecule has 0 saturated heterocycles. The Labute approximate surface area is 155 Å². The van der Waals surface area contributed by atoms with Crippen LogP contribution < -0.4 is 5.32 Å². The predicted molar refractivity (Wildman–Crippen MR) is 96.1 cm³/mol. The van der Waals surface area contributed by atoms with Crippen LogP contribution in [0.25, 0.3) is 0 Å². The normalized spacial score (nSPS) is 11.7. The number of halogens is 2. The summed E-state index contributed by atoms with van der Waals surface area (Å²) in [5.74, 6) is -1.15. The molecule has 1 atom stereocenters. The van der Waals surface area contributed by atoms with Gasteiger partial charge in [0.25, 0.3) is 5.91 Å². The first kappa shape index (κ1) is 19.1. The Morgan fingerprint density at radius 2 is 1.88 bits per heavy atom. The van der Waals surface area contributed by atoms with Crippen molar-refractivity contribution in [1.29, 1.82) is 0 Å². The molecule has 25 heavy (non-hydrogen) atoms. The average Bonchev–Trinajstić information content (AvgIpc) is 2.57. The van der Waals surface area contributed by atoms with Crippen LogP contribution in [-0.2, 0) is 9.53 Å². The second kappa shape index (κ2) is 8.23. The number of aryl methyl sites for hydroxylation is 1. The third-order valence-electron chi connectivity index (χ3n) is 3.60. The van der Waals surface area contributed by atoms with Gasteiger partial charge in [0.05, 0.1) is 21.7 Å². The number of esters is 1. The zero-order valence-electron chi connectivity index (χ0n) is 13.7. The van der Waals surface area contributed by atoms with E-state index in [1.54, 1.807) is 38.1 Å². The molecule has 0 aromatic heterocycles. The molecule has 0 aliphatic heterocycles. The van der Waals surface area contributed by atoms with Crippen molar-refractivity contribution in [3.8, 4) is 5.75 Å². The van der Waals surface area contributed by atoms with Crippen molar-refractivity contribution in [3.05, 3.63) is 63.1 Å². The molecule has 2 aromatic carbocycles. The number of amides is 1. The molecule has 0 aliphatic rings. The van der Waals surface area contributed by atoms with E-state index in [9.17, 15) is 14.7 Å². The van der Waals surface area contributed by atoms with Gasteiger partial charge in [0.1, 0.15) is 5.75 Å².